The summed E-state index contributed by atoms with van der Waals surface area (Å²) >= 11 is 0. The van der Waals surface area contributed by atoms with Crippen LogP contribution < -0.4 is 9.44 Å². The molecule has 6 nitrogen and oxygen atoms in total. The third-order valence-electron chi connectivity index (χ3n) is 2.27. The van der Waals surface area contributed by atoms with Gasteiger partial charge < -0.3 is 5.11 Å². The summed E-state index contributed by atoms with van der Waals surface area (Å²) in [6.07, 6.45) is 0.431. The summed E-state index contributed by atoms with van der Waals surface area (Å²) in [5.74, 6) is -0.996. The molecular weight excluding hydrogens is 268 g/mol. The Hall–Kier alpha value is -1.44. The highest BCUT2D eigenvalue weighted by molar-refractivity contribution is 7.87. The molecule has 0 aliphatic rings. The molecule has 0 atom stereocenters. The normalized spacial score (nSPS) is 11.7. The monoisotopic (exact) mass is 286 g/mol. The lowest BCUT2D eigenvalue weighted by Gasteiger charge is -2.10. The summed E-state index contributed by atoms with van der Waals surface area (Å²) in [5, 5.41) is 8.84. The van der Waals surface area contributed by atoms with E-state index in [4.69, 9.17) is 5.11 Å². The summed E-state index contributed by atoms with van der Waals surface area (Å²) in [4.78, 5) is 10.8. The second-order valence-corrected chi connectivity index (χ2v) is 5.96. The lowest BCUT2D eigenvalue weighted by Crippen LogP contribution is -2.41. The smallest absolute Gasteiger partial charge is 0.335 e. The van der Waals surface area contributed by atoms with Crippen LogP contribution in [0, 0.1) is 0 Å². The zero-order valence-corrected chi connectivity index (χ0v) is 11.7. The van der Waals surface area contributed by atoms with Gasteiger partial charge in [0.2, 0.25) is 0 Å². The van der Waals surface area contributed by atoms with Gasteiger partial charge in [0.05, 0.1) is 5.56 Å². The molecule has 0 heterocycles. The van der Waals surface area contributed by atoms with Gasteiger partial charge in [-0.05, 0) is 38.0 Å². The fourth-order valence-electron chi connectivity index (χ4n) is 1.54. The molecule has 0 saturated carbocycles. The first-order valence-corrected chi connectivity index (χ1v) is 7.37. The molecule has 0 bridgehead atoms. The topological polar surface area (TPSA) is 95.5 Å². The maximum atomic E-state index is 11.5. The van der Waals surface area contributed by atoms with Gasteiger partial charge in [0.25, 0.3) is 10.2 Å². The number of hydrogen-bond donors (Lipinski definition) is 3. The average Bonchev–Trinajstić information content (AvgIpc) is 2.27. The van der Waals surface area contributed by atoms with Crippen LogP contribution in [0.25, 0.3) is 0 Å². The van der Waals surface area contributed by atoms with E-state index >= 15 is 0 Å². The number of benzene rings is 1. The lowest BCUT2D eigenvalue weighted by atomic mass is 10.1. The number of carboxylic acid groups (broad SMARTS) is 1. The molecule has 106 valence electrons. The van der Waals surface area contributed by atoms with Gasteiger partial charge in [-0.25, -0.2) is 9.52 Å². The third-order valence-corrected chi connectivity index (χ3v) is 3.64. The molecule has 0 aliphatic heterocycles. The zero-order valence-electron chi connectivity index (χ0n) is 10.9. The summed E-state index contributed by atoms with van der Waals surface area (Å²) in [6.45, 7) is 3.68. The molecule has 0 unspecified atom stereocenters. The maximum Gasteiger partial charge on any atom is 0.335 e. The fraction of sp³-hybridized carbons (Fsp3) is 0.417. The molecule has 19 heavy (non-hydrogen) atoms. The molecule has 0 saturated heterocycles. The van der Waals surface area contributed by atoms with Crippen molar-refractivity contribution in [3.8, 4) is 0 Å². The molecule has 0 amide bonds. The van der Waals surface area contributed by atoms with Crippen LogP contribution >= 0.6 is 0 Å². The van der Waals surface area contributed by atoms with Crippen molar-refractivity contribution in [2.75, 3.05) is 6.54 Å². The van der Waals surface area contributed by atoms with E-state index in [1.807, 2.05) is 0 Å². The van der Waals surface area contributed by atoms with E-state index in [2.05, 4.69) is 9.44 Å². The van der Waals surface area contributed by atoms with Crippen molar-refractivity contribution < 1.29 is 18.3 Å². The van der Waals surface area contributed by atoms with Crippen molar-refractivity contribution in [3.63, 3.8) is 0 Å². The van der Waals surface area contributed by atoms with Gasteiger partial charge in [-0.3, -0.25) is 0 Å². The molecule has 1 aromatic carbocycles. The Morgan fingerprint density at radius 3 is 2.63 bits per heavy atom. The number of rotatable bonds is 7. The van der Waals surface area contributed by atoms with Crippen LogP contribution in [0.1, 0.15) is 29.8 Å². The summed E-state index contributed by atoms with van der Waals surface area (Å²) in [5.41, 5.74) is 0.966. The molecule has 0 radical (unpaired) electrons. The standard InChI is InChI=1S/C12H18N2O4S/c1-9(2)14-19(17,18)13-7-6-10-4-3-5-11(8-10)12(15)16/h3-5,8-9,13-14H,6-7H2,1-2H3,(H,15,16). The van der Waals surface area contributed by atoms with E-state index in [-0.39, 0.29) is 18.2 Å². The number of carbonyl (C=O) groups is 1. The largest absolute Gasteiger partial charge is 0.478 e. The van der Waals surface area contributed by atoms with Crippen LogP contribution in [0.3, 0.4) is 0 Å². The predicted molar refractivity (Wildman–Crippen MR) is 72.3 cm³/mol. The second kappa shape index (κ2) is 6.65. The lowest BCUT2D eigenvalue weighted by molar-refractivity contribution is 0.0696. The van der Waals surface area contributed by atoms with Crippen molar-refractivity contribution in [2.45, 2.75) is 26.3 Å². The number of aromatic carboxylic acids is 1. The van der Waals surface area contributed by atoms with Crippen molar-refractivity contribution in [2.24, 2.45) is 0 Å². The van der Waals surface area contributed by atoms with Crippen molar-refractivity contribution >= 4 is 16.2 Å². The molecular formula is C12H18N2O4S. The van der Waals surface area contributed by atoms with Crippen LogP contribution in [0.4, 0.5) is 0 Å². The highest BCUT2D eigenvalue weighted by Gasteiger charge is 2.10. The zero-order chi connectivity index (χ0) is 14.5. The van der Waals surface area contributed by atoms with E-state index in [9.17, 15) is 13.2 Å². The van der Waals surface area contributed by atoms with Crippen molar-refractivity contribution in [3.05, 3.63) is 35.4 Å². The average molecular weight is 286 g/mol. The van der Waals surface area contributed by atoms with Crippen LogP contribution in [0.2, 0.25) is 0 Å². The number of hydrogen-bond acceptors (Lipinski definition) is 3. The first-order chi connectivity index (χ1) is 8.80. The Morgan fingerprint density at radius 2 is 2.05 bits per heavy atom. The number of carboxylic acids is 1. The van der Waals surface area contributed by atoms with Gasteiger partial charge in [-0.2, -0.15) is 13.1 Å². The van der Waals surface area contributed by atoms with E-state index in [0.29, 0.717) is 6.42 Å². The summed E-state index contributed by atoms with van der Waals surface area (Å²) < 4.78 is 27.8. The molecule has 1 aromatic rings. The van der Waals surface area contributed by atoms with Gasteiger partial charge in [0.15, 0.2) is 0 Å². The minimum Gasteiger partial charge on any atom is -0.478 e. The summed E-state index contributed by atoms with van der Waals surface area (Å²) in [7, 11) is -3.49. The Morgan fingerprint density at radius 1 is 1.37 bits per heavy atom. The van der Waals surface area contributed by atoms with E-state index < -0.39 is 16.2 Å². The van der Waals surface area contributed by atoms with E-state index in [1.165, 1.54) is 12.1 Å². The Kier molecular flexibility index (Phi) is 5.46. The molecule has 0 aliphatic carbocycles. The van der Waals surface area contributed by atoms with E-state index in [1.54, 1.807) is 26.0 Å². The van der Waals surface area contributed by atoms with Crippen LogP contribution in [0.5, 0.6) is 0 Å². The van der Waals surface area contributed by atoms with Gasteiger partial charge in [0, 0.05) is 12.6 Å². The van der Waals surface area contributed by atoms with Gasteiger partial charge in [-0.15, -0.1) is 0 Å². The highest BCUT2D eigenvalue weighted by Crippen LogP contribution is 2.05. The molecule has 0 fully saturated rings. The van der Waals surface area contributed by atoms with Crippen LogP contribution in [-0.4, -0.2) is 32.1 Å². The third kappa shape index (κ3) is 5.82. The minimum absolute atomic E-state index is 0.173. The molecule has 1 rings (SSSR count). The molecule has 7 heteroatoms. The minimum atomic E-state index is -3.49. The first-order valence-electron chi connectivity index (χ1n) is 5.89. The van der Waals surface area contributed by atoms with E-state index in [0.717, 1.165) is 5.56 Å². The Bertz CT molecular complexity index is 540. The quantitative estimate of drug-likeness (QED) is 0.689. The maximum absolute atomic E-state index is 11.5. The fourth-order valence-corrected chi connectivity index (χ4v) is 2.62. The molecule has 0 aromatic heterocycles. The van der Waals surface area contributed by atoms with Gasteiger partial charge in [-0.1, -0.05) is 12.1 Å². The van der Waals surface area contributed by atoms with Crippen molar-refractivity contribution in [1.82, 2.24) is 9.44 Å². The molecule has 3 N–H and O–H groups in total. The first kappa shape index (κ1) is 15.6. The van der Waals surface area contributed by atoms with Crippen molar-refractivity contribution in [1.29, 1.82) is 0 Å². The Labute approximate surface area is 113 Å². The summed E-state index contributed by atoms with van der Waals surface area (Å²) in [6, 6.07) is 6.26. The molecule has 0 spiro atoms. The second-order valence-electron chi connectivity index (χ2n) is 4.43. The van der Waals surface area contributed by atoms with Gasteiger partial charge in [0.1, 0.15) is 0 Å². The number of nitrogens with one attached hydrogen (secondary N) is 2. The van der Waals surface area contributed by atoms with Gasteiger partial charge >= 0.3 is 5.97 Å². The van der Waals surface area contributed by atoms with Crippen LogP contribution in [-0.2, 0) is 16.6 Å². The predicted octanol–water partition coefficient (Wildman–Crippen LogP) is 0.760. The SMILES string of the molecule is CC(C)NS(=O)(=O)NCCc1cccc(C(=O)O)c1. The van der Waals surface area contributed by atoms with Crippen LogP contribution in [0.15, 0.2) is 24.3 Å². The Balaban J connectivity index is 2.54. The highest BCUT2D eigenvalue weighted by atomic mass is 32.2.